The van der Waals surface area contributed by atoms with Crippen LogP contribution < -0.4 is 9.47 Å². The summed E-state index contributed by atoms with van der Waals surface area (Å²) in [5, 5.41) is 0. The van der Waals surface area contributed by atoms with Gasteiger partial charge in [0.25, 0.3) is 10.0 Å². The lowest BCUT2D eigenvalue weighted by Gasteiger charge is -2.23. The largest absolute Gasteiger partial charge is 0.485 e. The van der Waals surface area contributed by atoms with Crippen LogP contribution >= 0.6 is 0 Å². The van der Waals surface area contributed by atoms with Crippen molar-refractivity contribution >= 4 is 10.0 Å². The Bertz CT molecular complexity index is 1230. The van der Waals surface area contributed by atoms with Crippen molar-refractivity contribution in [3.8, 4) is 17.2 Å². The van der Waals surface area contributed by atoms with Crippen LogP contribution in [0.1, 0.15) is 50.7 Å². The first-order valence-corrected chi connectivity index (χ1v) is 14.0. The summed E-state index contributed by atoms with van der Waals surface area (Å²) < 4.78 is 47.5. The van der Waals surface area contributed by atoms with Crippen LogP contribution in [-0.2, 0) is 21.4 Å². The summed E-state index contributed by atoms with van der Waals surface area (Å²) in [6.45, 7) is 7.63. The second-order valence-electron chi connectivity index (χ2n) is 9.37. The van der Waals surface area contributed by atoms with Crippen LogP contribution in [-0.4, -0.2) is 38.5 Å². The summed E-state index contributed by atoms with van der Waals surface area (Å²) in [5.74, 6) is 1.53. The van der Waals surface area contributed by atoms with Crippen molar-refractivity contribution in [2.45, 2.75) is 57.1 Å². The Morgan fingerprint density at radius 2 is 1.75 bits per heavy atom. The Balaban J connectivity index is 1.61. The molecule has 0 aliphatic carbocycles. The molecule has 1 unspecified atom stereocenters. The summed E-state index contributed by atoms with van der Waals surface area (Å²) in [6.07, 6.45) is 1.20. The molecule has 7 heteroatoms. The first-order valence-electron chi connectivity index (χ1n) is 12.6. The minimum Gasteiger partial charge on any atom is -0.485 e. The van der Waals surface area contributed by atoms with Crippen molar-refractivity contribution in [1.29, 1.82) is 0 Å². The molecule has 0 bridgehead atoms. The van der Waals surface area contributed by atoms with Gasteiger partial charge in [-0.3, -0.25) is 0 Å². The lowest BCUT2D eigenvalue weighted by atomic mass is 10.0. The van der Waals surface area contributed by atoms with Crippen molar-refractivity contribution < 1.29 is 22.6 Å². The van der Waals surface area contributed by atoms with Crippen LogP contribution in [0.4, 0.5) is 0 Å². The second kappa shape index (κ2) is 11.9. The minimum absolute atomic E-state index is 0.0691. The van der Waals surface area contributed by atoms with Gasteiger partial charge in [-0.25, -0.2) is 8.42 Å². The SMILES string of the molecule is CCCCN1CC(COCc2ccccc2)Oc2cccc(Oc3ccc(C(C)C)cc3)c2S1(=O)=O. The number of hydrogen-bond acceptors (Lipinski definition) is 5. The normalized spacial score (nSPS) is 17.3. The molecule has 4 rings (SSSR count). The van der Waals surface area contributed by atoms with Crippen molar-refractivity contribution in [3.05, 3.63) is 83.9 Å². The topological polar surface area (TPSA) is 65.1 Å². The maximum Gasteiger partial charge on any atom is 0.250 e. The summed E-state index contributed by atoms with van der Waals surface area (Å²) in [7, 11) is -3.85. The van der Waals surface area contributed by atoms with E-state index in [1.807, 2.05) is 61.5 Å². The van der Waals surface area contributed by atoms with Gasteiger partial charge in [-0.15, -0.1) is 0 Å². The quantitative estimate of drug-likeness (QED) is 0.318. The molecule has 1 aliphatic heterocycles. The van der Waals surface area contributed by atoms with Gasteiger partial charge in [0.1, 0.15) is 17.6 Å². The fourth-order valence-corrected chi connectivity index (χ4v) is 5.88. The molecular weight excluding hydrogens is 474 g/mol. The predicted molar refractivity (Wildman–Crippen MR) is 141 cm³/mol. The lowest BCUT2D eigenvalue weighted by Crippen LogP contribution is -2.39. The molecule has 0 aromatic heterocycles. The molecule has 0 amide bonds. The number of unbranched alkanes of at least 4 members (excludes halogenated alkanes) is 1. The smallest absolute Gasteiger partial charge is 0.250 e. The Morgan fingerprint density at radius 3 is 2.44 bits per heavy atom. The molecule has 1 atom stereocenters. The van der Waals surface area contributed by atoms with Gasteiger partial charge in [-0.2, -0.15) is 4.31 Å². The van der Waals surface area contributed by atoms with E-state index in [-0.39, 0.29) is 23.8 Å². The van der Waals surface area contributed by atoms with E-state index in [4.69, 9.17) is 14.2 Å². The van der Waals surface area contributed by atoms with Crippen LogP contribution in [0.25, 0.3) is 0 Å². The van der Waals surface area contributed by atoms with Gasteiger partial charge in [0.05, 0.1) is 19.8 Å². The second-order valence-corrected chi connectivity index (χ2v) is 11.2. The average Bonchev–Trinajstić information content (AvgIpc) is 2.97. The Kier molecular flexibility index (Phi) is 8.67. The molecule has 0 spiro atoms. The molecule has 0 saturated heterocycles. The van der Waals surface area contributed by atoms with Gasteiger partial charge < -0.3 is 14.2 Å². The average molecular weight is 510 g/mol. The minimum atomic E-state index is -3.85. The third-order valence-corrected chi connectivity index (χ3v) is 8.12. The van der Waals surface area contributed by atoms with E-state index in [1.165, 1.54) is 9.87 Å². The maximum atomic E-state index is 13.9. The van der Waals surface area contributed by atoms with Gasteiger partial charge in [-0.05, 0) is 47.7 Å². The van der Waals surface area contributed by atoms with Crippen molar-refractivity contribution in [2.75, 3.05) is 19.7 Å². The Hall–Kier alpha value is -2.87. The van der Waals surface area contributed by atoms with Crippen molar-refractivity contribution in [2.24, 2.45) is 0 Å². The summed E-state index contributed by atoms with van der Waals surface area (Å²) in [4.78, 5) is 0.0691. The first-order chi connectivity index (χ1) is 17.4. The molecular formula is C29H35NO5S. The molecule has 3 aromatic rings. The van der Waals surface area contributed by atoms with E-state index in [0.717, 1.165) is 18.4 Å². The monoisotopic (exact) mass is 509 g/mol. The molecule has 3 aromatic carbocycles. The number of ether oxygens (including phenoxy) is 3. The number of rotatable bonds is 10. The number of sulfonamides is 1. The molecule has 1 aliphatic rings. The van der Waals surface area contributed by atoms with Gasteiger partial charge in [0, 0.05) is 6.54 Å². The van der Waals surface area contributed by atoms with E-state index in [1.54, 1.807) is 18.2 Å². The number of hydrogen-bond donors (Lipinski definition) is 0. The van der Waals surface area contributed by atoms with Crippen LogP contribution in [0.2, 0.25) is 0 Å². The molecule has 6 nitrogen and oxygen atoms in total. The van der Waals surface area contributed by atoms with Gasteiger partial charge in [-0.1, -0.05) is 75.7 Å². The summed E-state index contributed by atoms with van der Waals surface area (Å²) in [6, 6.07) is 22.8. The Labute approximate surface area is 214 Å². The molecule has 0 radical (unpaired) electrons. The van der Waals surface area contributed by atoms with Gasteiger partial charge in [0.2, 0.25) is 0 Å². The van der Waals surface area contributed by atoms with E-state index in [0.29, 0.717) is 30.6 Å². The zero-order chi connectivity index (χ0) is 25.5. The van der Waals surface area contributed by atoms with Gasteiger partial charge in [0.15, 0.2) is 10.6 Å². The number of nitrogens with zero attached hydrogens (tertiary/aromatic N) is 1. The molecule has 0 fully saturated rings. The van der Waals surface area contributed by atoms with Gasteiger partial charge >= 0.3 is 0 Å². The van der Waals surface area contributed by atoms with Crippen molar-refractivity contribution in [3.63, 3.8) is 0 Å². The fourth-order valence-electron chi connectivity index (χ4n) is 4.16. The lowest BCUT2D eigenvalue weighted by molar-refractivity contribution is 0.0339. The van der Waals surface area contributed by atoms with Crippen LogP contribution in [0.3, 0.4) is 0 Å². The third-order valence-electron chi connectivity index (χ3n) is 6.19. The zero-order valence-corrected chi connectivity index (χ0v) is 22.0. The van der Waals surface area contributed by atoms with Crippen molar-refractivity contribution in [1.82, 2.24) is 4.31 Å². The highest BCUT2D eigenvalue weighted by Crippen LogP contribution is 2.40. The Morgan fingerprint density at radius 1 is 1.00 bits per heavy atom. The van der Waals surface area contributed by atoms with E-state index in [9.17, 15) is 8.42 Å². The third kappa shape index (κ3) is 6.27. The summed E-state index contributed by atoms with van der Waals surface area (Å²) in [5.41, 5.74) is 2.25. The standard InChI is InChI=1S/C29H35NO5S/c1-4-5-18-30-19-26(21-33-20-23-10-7-6-8-11-23)35-28-13-9-12-27(29(28)36(30,31)32)34-25-16-14-24(15-17-25)22(2)3/h6-17,22,26H,4-5,18-21H2,1-3H3. The number of benzene rings is 3. The molecule has 0 N–H and O–H groups in total. The number of fused-ring (bicyclic) bond motifs is 1. The van der Waals surface area contributed by atoms with Crippen LogP contribution in [0.15, 0.2) is 77.7 Å². The molecule has 0 saturated carbocycles. The first kappa shape index (κ1) is 26.2. The zero-order valence-electron chi connectivity index (χ0n) is 21.2. The predicted octanol–water partition coefficient (Wildman–Crippen LogP) is 6.37. The van der Waals surface area contributed by atoms with E-state index < -0.39 is 16.1 Å². The summed E-state index contributed by atoms with van der Waals surface area (Å²) >= 11 is 0. The van der Waals surface area contributed by atoms with E-state index >= 15 is 0 Å². The highest BCUT2D eigenvalue weighted by molar-refractivity contribution is 7.89. The molecule has 36 heavy (non-hydrogen) atoms. The maximum absolute atomic E-state index is 13.9. The van der Waals surface area contributed by atoms with E-state index in [2.05, 4.69) is 13.8 Å². The highest BCUT2D eigenvalue weighted by Gasteiger charge is 2.37. The fraction of sp³-hybridized carbons (Fsp3) is 0.379. The molecule has 192 valence electrons. The molecule has 1 heterocycles. The highest BCUT2D eigenvalue weighted by atomic mass is 32.2. The van der Waals surface area contributed by atoms with Crippen LogP contribution in [0, 0.1) is 0 Å². The van der Waals surface area contributed by atoms with Crippen LogP contribution in [0.5, 0.6) is 17.2 Å².